The Bertz CT molecular complexity index is 517. The highest BCUT2D eigenvalue weighted by Gasteiger charge is 2.07. The Labute approximate surface area is 106 Å². The third-order valence-corrected chi connectivity index (χ3v) is 2.87. The third-order valence-electron chi connectivity index (χ3n) is 2.54. The zero-order valence-electron chi connectivity index (χ0n) is 9.31. The summed E-state index contributed by atoms with van der Waals surface area (Å²) >= 11 is 6.18. The van der Waals surface area contributed by atoms with E-state index < -0.39 is 0 Å². The zero-order chi connectivity index (χ0) is 12.1. The molecule has 0 unspecified atom stereocenters. The lowest BCUT2D eigenvalue weighted by Gasteiger charge is -2.09. The fourth-order valence-electron chi connectivity index (χ4n) is 1.77. The molecular weight excluding hydrogens is 232 g/mol. The summed E-state index contributed by atoms with van der Waals surface area (Å²) in [5.41, 5.74) is 2.95. The molecule has 0 saturated heterocycles. The molecular formula is C15H13ClO. The standard InChI is InChI=1S/C15H13ClO/c16-15-9-5-4-8-14(15)13(10-11-17)12-6-2-1-3-7-12/h1-10,17H,11H2/b13-10+. The van der Waals surface area contributed by atoms with Crippen molar-refractivity contribution in [3.8, 4) is 0 Å². The molecule has 17 heavy (non-hydrogen) atoms. The molecule has 0 atom stereocenters. The Balaban J connectivity index is 2.52. The minimum absolute atomic E-state index is 0.00451. The van der Waals surface area contributed by atoms with E-state index in [0.29, 0.717) is 5.02 Å². The van der Waals surface area contributed by atoms with Gasteiger partial charge in [0, 0.05) is 10.6 Å². The number of aliphatic hydroxyl groups is 1. The van der Waals surface area contributed by atoms with Crippen molar-refractivity contribution in [3.05, 3.63) is 76.8 Å². The molecule has 0 bridgehead atoms. The van der Waals surface area contributed by atoms with Crippen molar-refractivity contribution in [1.82, 2.24) is 0 Å². The lowest BCUT2D eigenvalue weighted by Crippen LogP contribution is -1.90. The van der Waals surface area contributed by atoms with Gasteiger partial charge in [0.15, 0.2) is 0 Å². The van der Waals surface area contributed by atoms with Crippen LogP contribution in [0, 0.1) is 0 Å². The highest BCUT2D eigenvalue weighted by Crippen LogP contribution is 2.28. The molecule has 0 aliphatic heterocycles. The number of aliphatic hydroxyl groups excluding tert-OH is 1. The smallest absolute Gasteiger partial charge is 0.0621 e. The maximum Gasteiger partial charge on any atom is 0.0621 e. The first-order valence-corrected chi connectivity index (χ1v) is 5.82. The summed E-state index contributed by atoms with van der Waals surface area (Å²) < 4.78 is 0. The Morgan fingerprint density at radius 2 is 1.65 bits per heavy atom. The van der Waals surface area contributed by atoms with Crippen LogP contribution in [0.5, 0.6) is 0 Å². The van der Waals surface area contributed by atoms with Crippen molar-refractivity contribution >= 4 is 17.2 Å². The number of halogens is 1. The van der Waals surface area contributed by atoms with Gasteiger partial charge in [-0.2, -0.15) is 0 Å². The maximum absolute atomic E-state index is 9.13. The molecule has 0 aliphatic carbocycles. The van der Waals surface area contributed by atoms with Crippen molar-refractivity contribution in [3.63, 3.8) is 0 Å². The van der Waals surface area contributed by atoms with E-state index in [2.05, 4.69) is 0 Å². The molecule has 2 heteroatoms. The predicted octanol–water partition coefficient (Wildman–Crippen LogP) is 3.76. The van der Waals surface area contributed by atoms with E-state index in [1.54, 1.807) is 6.08 Å². The molecule has 0 fully saturated rings. The van der Waals surface area contributed by atoms with E-state index in [9.17, 15) is 0 Å². The van der Waals surface area contributed by atoms with Crippen LogP contribution >= 0.6 is 11.6 Å². The van der Waals surface area contributed by atoms with Gasteiger partial charge >= 0.3 is 0 Å². The van der Waals surface area contributed by atoms with E-state index in [1.165, 1.54) is 0 Å². The molecule has 0 spiro atoms. The number of hydrogen-bond acceptors (Lipinski definition) is 1. The normalized spacial score (nSPS) is 11.5. The first kappa shape index (κ1) is 11.9. The SMILES string of the molecule is OC/C=C(\c1ccccc1)c1ccccc1Cl. The summed E-state index contributed by atoms with van der Waals surface area (Å²) in [6.07, 6.45) is 1.77. The second-order valence-corrected chi connectivity index (χ2v) is 4.05. The topological polar surface area (TPSA) is 20.2 Å². The van der Waals surface area contributed by atoms with Gasteiger partial charge in [0.1, 0.15) is 0 Å². The molecule has 2 aromatic rings. The zero-order valence-corrected chi connectivity index (χ0v) is 10.1. The van der Waals surface area contributed by atoms with Crippen molar-refractivity contribution in [2.45, 2.75) is 0 Å². The van der Waals surface area contributed by atoms with Gasteiger partial charge in [0.25, 0.3) is 0 Å². The van der Waals surface area contributed by atoms with Gasteiger partial charge < -0.3 is 5.11 Å². The molecule has 1 N–H and O–H groups in total. The van der Waals surface area contributed by atoms with Crippen LogP contribution in [0.1, 0.15) is 11.1 Å². The minimum atomic E-state index is -0.00451. The highest BCUT2D eigenvalue weighted by molar-refractivity contribution is 6.32. The second kappa shape index (κ2) is 5.67. The summed E-state index contributed by atoms with van der Waals surface area (Å²) in [5.74, 6) is 0. The van der Waals surface area contributed by atoms with Crippen LogP contribution in [0.4, 0.5) is 0 Å². The molecule has 2 rings (SSSR count). The molecule has 0 radical (unpaired) electrons. The van der Waals surface area contributed by atoms with Crippen LogP contribution in [-0.4, -0.2) is 11.7 Å². The molecule has 86 valence electrons. The minimum Gasteiger partial charge on any atom is -0.392 e. The Hall–Kier alpha value is -1.57. The summed E-state index contributed by atoms with van der Waals surface area (Å²) in [7, 11) is 0. The van der Waals surface area contributed by atoms with Gasteiger partial charge in [-0.05, 0) is 17.2 Å². The first-order valence-electron chi connectivity index (χ1n) is 5.44. The average molecular weight is 245 g/mol. The predicted molar refractivity (Wildman–Crippen MR) is 72.1 cm³/mol. The van der Waals surface area contributed by atoms with Gasteiger partial charge in [0.05, 0.1) is 6.61 Å². The van der Waals surface area contributed by atoms with Gasteiger partial charge in [-0.1, -0.05) is 66.2 Å². The van der Waals surface area contributed by atoms with E-state index >= 15 is 0 Å². The molecule has 0 heterocycles. The maximum atomic E-state index is 9.13. The number of rotatable bonds is 3. The van der Waals surface area contributed by atoms with Crippen LogP contribution in [0.15, 0.2) is 60.7 Å². The van der Waals surface area contributed by atoms with E-state index in [-0.39, 0.29) is 6.61 Å². The quantitative estimate of drug-likeness (QED) is 0.872. The van der Waals surface area contributed by atoms with Crippen molar-refractivity contribution in [2.75, 3.05) is 6.61 Å². The number of hydrogen-bond donors (Lipinski definition) is 1. The first-order chi connectivity index (χ1) is 8.33. The molecule has 0 amide bonds. The Kier molecular flexibility index (Phi) is 3.97. The highest BCUT2D eigenvalue weighted by atomic mass is 35.5. The van der Waals surface area contributed by atoms with Crippen LogP contribution < -0.4 is 0 Å². The van der Waals surface area contributed by atoms with Crippen LogP contribution in [0.3, 0.4) is 0 Å². The van der Waals surface area contributed by atoms with Gasteiger partial charge in [0.2, 0.25) is 0 Å². The average Bonchev–Trinajstić information content (AvgIpc) is 2.38. The third kappa shape index (κ3) is 2.76. The van der Waals surface area contributed by atoms with Crippen LogP contribution in [0.25, 0.3) is 5.57 Å². The summed E-state index contributed by atoms with van der Waals surface area (Å²) in [6, 6.07) is 17.6. The molecule has 0 saturated carbocycles. The Morgan fingerprint density at radius 1 is 1.00 bits per heavy atom. The second-order valence-electron chi connectivity index (χ2n) is 3.65. The van der Waals surface area contributed by atoms with Crippen molar-refractivity contribution in [1.29, 1.82) is 0 Å². The fourth-order valence-corrected chi connectivity index (χ4v) is 2.01. The molecule has 0 aliphatic rings. The van der Waals surface area contributed by atoms with Gasteiger partial charge in [-0.15, -0.1) is 0 Å². The fraction of sp³-hybridized carbons (Fsp3) is 0.0667. The summed E-state index contributed by atoms with van der Waals surface area (Å²) in [4.78, 5) is 0. The molecule has 2 aromatic carbocycles. The lowest BCUT2D eigenvalue weighted by molar-refractivity contribution is 0.343. The monoisotopic (exact) mass is 244 g/mol. The van der Waals surface area contributed by atoms with E-state index in [1.807, 2.05) is 54.6 Å². The molecule has 1 nitrogen and oxygen atoms in total. The summed E-state index contributed by atoms with van der Waals surface area (Å²) in [6.45, 7) is -0.00451. The van der Waals surface area contributed by atoms with Crippen LogP contribution in [0.2, 0.25) is 5.02 Å². The summed E-state index contributed by atoms with van der Waals surface area (Å²) in [5, 5.41) is 9.82. The van der Waals surface area contributed by atoms with Gasteiger partial charge in [-0.3, -0.25) is 0 Å². The Morgan fingerprint density at radius 3 is 2.29 bits per heavy atom. The lowest BCUT2D eigenvalue weighted by atomic mass is 9.98. The molecule has 0 aromatic heterocycles. The van der Waals surface area contributed by atoms with Crippen molar-refractivity contribution < 1.29 is 5.11 Å². The van der Waals surface area contributed by atoms with Crippen LogP contribution in [-0.2, 0) is 0 Å². The van der Waals surface area contributed by atoms with Crippen molar-refractivity contribution in [2.24, 2.45) is 0 Å². The van der Waals surface area contributed by atoms with E-state index in [0.717, 1.165) is 16.7 Å². The number of benzene rings is 2. The largest absolute Gasteiger partial charge is 0.392 e. The van der Waals surface area contributed by atoms with Gasteiger partial charge in [-0.25, -0.2) is 0 Å². The van der Waals surface area contributed by atoms with E-state index in [4.69, 9.17) is 16.7 Å².